The monoisotopic (exact) mass is 278 g/mol. The summed E-state index contributed by atoms with van der Waals surface area (Å²) in [5, 5.41) is 5.69. The SMILES string of the molecule is COCCCNC(=O)NCC1COc2ccccc2C1. The maximum absolute atomic E-state index is 11.6. The van der Waals surface area contributed by atoms with Crippen molar-refractivity contribution in [2.75, 3.05) is 33.4 Å². The summed E-state index contributed by atoms with van der Waals surface area (Å²) in [7, 11) is 1.65. The molecule has 0 bridgehead atoms. The van der Waals surface area contributed by atoms with Gasteiger partial charge in [0.05, 0.1) is 6.61 Å². The van der Waals surface area contributed by atoms with Gasteiger partial charge in [0, 0.05) is 32.7 Å². The highest BCUT2D eigenvalue weighted by Crippen LogP contribution is 2.26. The Morgan fingerprint density at radius 3 is 3.10 bits per heavy atom. The molecular formula is C15H22N2O3. The van der Waals surface area contributed by atoms with E-state index in [-0.39, 0.29) is 6.03 Å². The molecule has 1 heterocycles. The zero-order valence-electron chi connectivity index (χ0n) is 11.9. The van der Waals surface area contributed by atoms with Gasteiger partial charge in [0.1, 0.15) is 5.75 Å². The second-order valence-electron chi connectivity index (χ2n) is 4.97. The van der Waals surface area contributed by atoms with Gasteiger partial charge in [0.2, 0.25) is 0 Å². The first-order valence-electron chi connectivity index (χ1n) is 7.01. The third kappa shape index (κ3) is 4.42. The van der Waals surface area contributed by atoms with Crippen LogP contribution in [0.2, 0.25) is 0 Å². The highest BCUT2D eigenvalue weighted by Gasteiger charge is 2.19. The van der Waals surface area contributed by atoms with E-state index >= 15 is 0 Å². The van der Waals surface area contributed by atoms with Gasteiger partial charge in [-0.2, -0.15) is 0 Å². The number of carbonyl (C=O) groups is 1. The van der Waals surface area contributed by atoms with Crippen molar-refractivity contribution in [1.29, 1.82) is 0 Å². The van der Waals surface area contributed by atoms with Crippen molar-refractivity contribution in [2.45, 2.75) is 12.8 Å². The summed E-state index contributed by atoms with van der Waals surface area (Å²) in [6, 6.07) is 7.93. The molecule has 0 aromatic heterocycles. The average Bonchev–Trinajstić information content (AvgIpc) is 2.49. The lowest BCUT2D eigenvalue weighted by molar-refractivity contribution is 0.192. The maximum Gasteiger partial charge on any atom is 0.314 e. The number of hydrogen-bond acceptors (Lipinski definition) is 3. The minimum atomic E-state index is -0.125. The largest absolute Gasteiger partial charge is 0.493 e. The fraction of sp³-hybridized carbons (Fsp3) is 0.533. The molecule has 1 aliphatic rings. The summed E-state index contributed by atoms with van der Waals surface area (Å²) in [5.41, 5.74) is 1.21. The number of para-hydroxylation sites is 1. The highest BCUT2D eigenvalue weighted by atomic mass is 16.5. The number of hydrogen-bond donors (Lipinski definition) is 2. The Labute approximate surface area is 119 Å². The predicted molar refractivity (Wildman–Crippen MR) is 77.0 cm³/mol. The summed E-state index contributed by atoms with van der Waals surface area (Å²) in [6.45, 7) is 2.57. The van der Waals surface area contributed by atoms with Crippen molar-refractivity contribution >= 4 is 6.03 Å². The number of benzene rings is 1. The van der Waals surface area contributed by atoms with E-state index in [1.165, 1.54) is 5.56 Å². The van der Waals surface area contributed by atoms with Crippen molar-refractivity contribution in [3.05, 3.63) is 29.8 Å². The Morgan fingerprint density at radius 1 is 1.40 bits per heavy atom. The zero-order valence-corrected chi connectivity index (χ0v) is 11.9. The van der Waals surface area contributed by atoms with E-state index in [0.29, 0.717) is 32.2 Å². The molecule has 2 amide bonds. The van der Waals surface area contributed by atoms with Crippen LogP contribution in [0.1, 0.15) is 12.0 Å². The predicted octanol–water partition coefficient (Wildman–Crippen LogP) is 1.57. The van der Waals surface area contributed by atoms with Crippen LogP contribution in [0.5, 0.6) is 5.75 Å². The molecule has 0 spiro atoms. The van der Waals surface area contributed by atoms with Crippen molar-refractivity contribution in [3.8, 4) is 5.75 Å². The van der Waals surface area contributed by atoms with Crippen LogP contribution in [0.15, 0.2) is 24.3 Å². The second-order valence-corrected chi connectivity index (χ2v) is 4.97. The van der Waals surface area contributed by atoms with Crippen LogP contribution in [0, 0.1) is 5.92 Å². The molecule has 0 fully saturated rings. The molecule has 5 heteroatoms. The minimum absolute atomic E-state index is 0.125. The van der Waals surface area contributed by atoms with Gasteiger partial charge in [-0.15, -0.1) is 0 Å². The molecule has 5 nitrogen and oxygen atoms in total. The molecule has 1 unspecified atom stereocenters. The van der Waals surface area contributed by atoms with E-state index in [9.17, 15) is 4.79 Å². The molecule has 110 valence electrons. The maximum atomic E-state index is 11.6. The van der Waals surface area contributed by atoms with Crippen LogP contribution >= 0.6 is 0 Å². The molecular weight excluding hydrogens is 256 g/mol. The Balaban J connectivity index is 1.67. The molecule has 1 atom stereocenters. The fourth-order valence-electron chi connectivity index (χ4n) is 2.24. The van der Waals surface area contributed by atoms with E-state index in [2.05, 4.69) is 16.7 Å². The van der Waals surface area contributed by atoms with Crippen LogP contribution in [-0.4, -0.2) is 39.4 Å². The number of rotatable bonds is 6. The zero-order chi connectivity index (χ0) is 14.2. The van der Waals surface area contributed by atoms with Crippen molar-refractivity contribution in [3.63, 3.8) is 0 Å². The molecule has 1 aromatic carbocycles. The van der Waals surface area contributed by atoms with Gasteiger partial charge in [0.15, 0.2) is 0 Å². The number of amides is 2. The van der Waals surface area contributed by atoms with Crippen LogP contribution in [-0.2, 0) is 11.2 Å². The third-order valence-electron chi connectivity index (χ3n) is 3.32. The highest BCUT2D eigenvalue weighted by molar-refractivity contribution is 5.73. The van der Waals surface area contributed by atoms with Crippen molar-refractivity contribution in [1.82, 2.24) is 10.6 Å². The molecule has 2 N–H and O–H groups in total. The van der Waals surface area contributed by atoms with Crippen molar-refractivity contribution < 1.29 is 14.3 Å². The molecule has 1 aliphatic heterocycles. The summed E-state index contributed by atoms with van der Waals surface area (Å²) in [6.07, 6.45) is 1.77. The molecule has 2 rings (SSSR count). The number of fused-ring (bicyclic) bond motifs is 1. The summed E-state index contributed by atoms with van der Waals surface area (Å²) in [4.78, 5) is 11.6. The van der Waals surface area contributed by atoms with Gasteiger partial charge >= 0.3 is 6.03 Å². The summed E-state index contributed by atoms with van der Waals surface area (Å²) >= 11 is 0. The van der Waals surface area contributed by atoms with Gasteiger partial charge in [-0.25, -0.2) is 4.79 Å². The van der Waals surface area contributed by atoms with Gasteiger partial charge in [-0.05, 0) is 24.5 Å². The molecule has 20 heavy (non-hydrogen) atoms. The van der Waals surface area contributed by atoms with E-state index in [4.69, 9.17) is 9.47 Å². The first kappa shape index (κ1) is 14.7. The lowest BCUT2D eigenvalue weighted by Crippen LogP contribution is -2.41. The number of methoxy groups -OCH3 is 1. The van der Waals surface area contributed by atoms with E-state index in [1.807, 2.05) is 18.2 Å². The number of nitrogens with one attached hydrogen (secondary N) is 2. The fourth-order valence-corrected chi connectivity index (χ4v) is 2.24. The summed E-state index contributed by atoms with van der Waals surface area (Å²) < 4.78 is 10.6. The quantitative estimate of drug-likeness (QED) is 0.777. The lowest BCUT2D eigenvalue weighted by atomic mass is 9.97. The molecule has 1 aromatic rings. The normalized spacial score (nSPS) is 16.9. The molecule has 0 radical (unpaired) electrons. The van der Waals surface area contributed by atoms with Gasteiger partial charge in [0.25, 0.3) is 0 Å². The van der Waals surface area contributed by atoms with E-state index in [1.54, 1.807) is 7.11 Å². The first-order chi connectivity index (χ1) is 9.79. The molecule has 0 aliphatic carbocycles. The van der Waals surface area contributed by atoms with Crippen LogP contribution in [0.25, 0.3) is 0 Å². The number of carbonyl (C=O) groups excluding carboxylic acids is 1. The first-order valence-corrected chi connectivity index (χ1v) is 7.01. The smallest absolute Gasteiger partial charge is 0.314 e. The minimum Gasteiger partial charge on any atom is -0.493 e. The number of ether oxygens (including phenoxy) is 2. The Hall–Kier alpha value is -1.75. The van der Waals surface area contributed by atoms with Crippen LogP contribution < -0.4 is 15.4 Å². The second kappa shape index (κ2) is 7.75. The summed E-state index contributed by atoms with van der Waals surface area (Å²) in [5.74, 6) is 1.29. The van der Waals surface area contributed by atoms with Crippen molar-refractivity contribution in [2.24, 2.45) is 5.92 Å². The average molecular weight is 278 g/mol. The Bertz CT molecular complexity index is 437. The number of urea groups is 1. The Kier molecular flexibility index (Phi) is 5.68. The topological polar surface area (TPSA) is 59.6 Å². The lowest BCUT2D eigenvalue weighted by Gasteiger charge is -2.25. The van der Waals surface area contributed by atoms with Gasteiger partial charge in [-0.1, -0.05) is 18.2 Å². The van der Waals surface area contributed by atoms with E-state index in [0.717, 1.165) is 18.6 Å². The van der Waals surface area contributed by atoms with Gasteiger partial charge < -0.3 is 20.1 Å². The standard InChI is InChI=1S/C15H22N2O3/c1-19-8-4-7-16-15(18)17-10-12-9-13-5-2-3-6-14(13)20-11-12/h2-3,5-6,12H,4,7-11H2,1H3,(H2,16,17,18). The van der Waals surface area contributed by atoms with Crippen LogP contribution in [0.4, 0.5) is 4.79 Å². The van der Waals surface area contributed by atoms with E-state index < -0.39 is 0 Å². The Morgan fingerprint density at radius 2 is 2.25 bits per heavy atom. The van der Waals surface area contributed by atoms with Crippen LogP contribution in [0.3, 0.4) is 0 Å². The third-order valence-corrected chi connectivity index (χ3v) is 3.32. The molecule has 0 saturated carbocycles. The molecule has 0 saturated heterocycles. The van der Waals surface area contributed by atoms with Gasteiger partial charge in [-0.3, -0.25) is 0 Å².